The van der Waals surface area contributed by atoms with E-state index in [2.05, 4.69) is 54.4 Å². The minimum atomic E-state index is -0.322. The Kier molecular flexibility index (Phi) is 4.68. The summed E-state index contributed by atoms with van der Waals surface area (Å²) in [4.78, 5) is 4.77. The maximum Gasteiger partial charge on any atom is 0.115 e. The summed E-state index contributed by atoms with van der Waals surface area (Å²) in [6.45, 7) is 6.54. The van der Waals surface area contributed by atoms with Crippen molar-refractivity contribution in [3.63, 3.8) is 0 Å². The topological polar surface area (TPSA) is 57.8 Å². The maximum atomic E-state index is 10.2. The highest BCUT2D eigenvalue weighted by Crippen LogP contribution is 2.41. The van der Waals surface area contributed by atoms with Crippen molar-refractivity contribution in [2.45, 2.75) is 58.2 Å². The molecule has 1 N–H and O–H groups in total. The molecule has 1 aromatic heterocycles. The lowest BCUT2D eigenvalue weighted by molar-refractivity contribution is 0.163. The van der Waals surface area contributed by atoms with Gasteiger partial charge in [-0.2, -0.15) is 10.2 Å². The van der Waals surface area contributed by atoms with Gasteiger partial charge in [0.2, 0.25) is 0 Å². The summed E-state index contributed by atoms with van der Waals surface area (Å²) in [6, 6.07) is 12.4. The van der Waals surface area contributed by atoms with Crippen LogP contribution in [-0.4, -0.2) is 22.2 Å². The third kappa shape index (κ3) is 3.59. The van der Waals surface area contributed by atoms with E-state index in [-0.39, 0.29) is 23.6 Å². The number of azo groups is 1. The number of nitrogens with zero attached hydrogens (tertiary/aromatic N) is 3. The number of aliphatic hydroxyl groups excluding tert-OH is 1. The third-order valence-corrected chi connectivity index (χ3v) is 5.96. The standard InChI is InChI=1S/C23H27N3O/c1-15-18(23(2,3)13-12-22(15)27)10-9-17-14-21(26-25-17)20-11-8-16-6-4-5-7-19(16)24-20/h4-11,17,21-22,27H,12-14H2,1-3H3/b10-9+. The molecule has 4 nitrogen and oxygen atoms in total. The van der Waals surface area contributed by atoms with Crippen LogP contribution in [0.3, 0.4) is 0 Å². The quantitative estimate of drug-likeness (QED) is 0.779. The molecule has 1 aromatic carbocycles. The molecular formula is C23H27N3O. The molecule has 3 unspecified atom stereocenters. The van der Waals surface area contributed by atoms with Crippen LogP contribution < -0.4 is 0 Å². The molecule has 0 amide bonds. The molecular weight excluding hydrogens is 334 g/mol. The summed E-state index contributed by atoms with van der Waals surface area (Å²) in [5, 5.41) is 20.3. The van der Waals surface area contributed by atoms with Gasteiger partial charge < -0.3 is 5.11 Å². The van der Waals surface area contributed by atoms with Crippen molar-refractivity contribution in [1.29, 1.82) is 0 Å². The van der Waals surface area contributed by atoms with Crippen molar-refractivity contribution in [3.05, 3.63) is 65.4 Å². The van der Waals surface area contributed by atoms with Gasteiger partial charge >= 0.3 is 0 Å². The fraction of sp³-hybridized carbons (Fsp3) is 0.435. The first-order valence-electron chi connectivity index (χ1n) is 9.77. The summed E-state index contributed by atoms with van der Waals surface area (Å²) in [5.41, 5.74) is 4.41. The zero-order valence-corrected chi connectivity index (χ0v) is 16.3. The molecule has 2 aromatic rings. The molecule has 1 aliphatic carbocycles. The summed E-state index contributed by atoms with van der Waals surface area (Å²) in [5.74, 6) is 0. The molecule has 4 heteroatoms. The van der Waals surface area contributed by atoms with Crippen molar-refractivity contribution in [1.82, 2.24) is 4.98 Å². The predicted octanol–water partition coefficient (Wildman–Crippen LogP) is 5.55. The number of fused-ring (bicyclic) bond motifs is 1. The molecule has 3 atom stereocenters. The van der Waals surface area contributed by atoms with Gasteiger partial charge in [-0.05, 0) is 48.5 Å². The van der Waals surface area contributed by atoms with Gasteiger partial charge in [0, 0.05) is 11.8 Å². The van der Waals surface area contributed by atoms with E-state index in [4.69, 9.17) is 4.98 Å². The number of hydrogen-bond acceptors (Lipinski definition) is 4. The second-order valence-electron chi connectivity index (χ2n) is 8.37. The van der Waals surface area contributed by atoms with Gasteiger partial charge in [-0.1, -0.05) is 50.3 Å². The second kappa shape index (κ2) is 7.01. The zero-order valence-electron chi connectivity index (χ0n) is 16.3. The zero-order chi connectivity index (χ0) is 19.0. The Balaban J connectivity index is 1.50. The fourth-order valence-electron chi connectivity index (χ4n) is 4.18. The number of hydrogen-bond donors (Lipinski definition) is 1. The van der Waals surface area contributed by atoms with Gasteiger partial charge in [0.15, 0.2) is 0 Å². The van der Waals surface area contributed by atoms with Crippen LogP contribution in [-0.2, 0) is 0 Å². The lowest BCUT2D eigenvalue weighted by Gasteiger charge is -2.35. The van der Waals surface area contributed by atoms with E-state index < -0.39 is 0 Å². The van der Waals surface area contributed by atoms with E-state index in [9.17, 15) is 5.11 Å². The smallest absolute Gasteiger partial charge is 0.115 e. The Morgan fingerprint density at radius 3 is 2.78 bits per heavy atom. The molecule has 0 saturated heterocycles. The second-order valence-corrected chi connectivity index (χ2v) is 8.37. The minimum absolute atomic E-state index is 0.0179. The van der Waals surface area contributed by atoms with Crippen molar-refractivity contribution in [3.8, 4) is 0 Å². The van der Waals surface area contributed by atoms with E-state index >= 15 is 0 Å². The van der Waals surface area contributed by atoms with E-state index in [1.54, 1.807) is 0 Å². The van der Waals surface area contributed by atoms with Crippen LogP contribution in [0.15, 0.2) is 69.9 Å². The normalized spacial score (nSPS) is 27.8. The van der Waals surface area contributed by atoms with Crippen molar-refractivity contribution >= 4 is 10.9 Å². The molecule has 27 heavy (non-hydrogen) atoms. The number of pyridine rings is 1. The molecule has 2 heterocycles. The minimum Gasteiger partial charge on any atom is -0.389 e. The molecule has 0 spiro atoms. The summed E-state index contributed by atoms with van der Waals surface area (Å²) >= 11 is 0. The van der Waals surface area contributed by atoms with Gasteiger partial charge in [-0.25, -0.2) is 0 Å². The Morgan fingerprint density at radius 2 is 1.93 bits per heavy atom. The largest absolute Gasteiger partial charge is 0.389 e. The highest BCUT2D eigenvalue weighted by Gasteiger charge is 2.31. The molecule has 0 saturated carbocycles. The van der Waals surface area contributed by atoms with Crippen LogP contribution in [0.2, 0.25) is 0 Å². The lowest BCUT2D eigenvalue weighted by atomic mass is 9.71. The number of aliphatic hydroxyl groups is 1. The number of aromatic nitrogens is 1. The number of rotatable bonds is 3. The Morgan fingerprint density at radius 1 is 1.11 bits per heavy atom. The monoisotopic (exact) mass is 361 g/mol. The average molecular weight is 361 g/mol. The summed E-state index contributed by atoms with van der Waals surface area (Å²) in [6.07, 6.45) is 6.67. The van der Waals surface area contributed by atoms with Crippen LogP contribution in [0.4, 0.5) is 0 Å². The van der Waals surface area contributed by atoms with Gasteiger partial charge in [0.05, 0.1) is 23.4 Å². The molecule has 2 aliphatic rings. The van der Waals surface area contributed by atoms with Crippen molar-refractivity contribution < 1.29 is 5.11 Å². The highest BCUT2D eigenvalue weighted by molar-refractivity contribution is 5.78. The van der Waals surface area contributed by atoms with Crippen molar-refractivity contribution in [2.75, 3.05) is 0 Å². The van der Waals surface area contributed by atoms with Gasteiger partial charge in [0.1, 0.15) is 6.04 Å². The first-order valence-corrected chi connectivity index (χ1v) is 9.77. The SMILES string of the molecule is CC1=C(/C=C/C2CC(c3ccc4ccccc4n3)N=N2)C(C)(C)CCC1O. The molecule has 0 radical (unpaired) electrons. The molecule has 0 bridgehead atoms. The molecule has 1 aliphatic heterocycles. The van der Waals surface area contributed by atoms with E-state index in [0.29, 0.717) is 0 Å². The van der Waals surface area contributed by atoms with Crippen LogP contribution in [0.1, 0.15) is 51.8 Å². The first-order chi connectivity index (χ1) is 12.9. The van der Waals surface area contributed by atoms with Crippen molar-refractivity contribution in [2.24, 2.45) is 15.6 Å². The fourth-order valence-corrected chi connectivity index (χ4v) is 4.18. The van der Waals surface area contributed by atoms with Gasteiger partial charge in [0.25, 0.3) is 0 Å². The van der Waals surface area contributed by atoms with E-state index in [0.717, 1.165) is 41.4 Å². The molecule has 140 valence electrons. The Labute approximate surface area is 160 Å². The molecule has 4 rings (SSSR count). The Hall–Kier alpha value is -2.33. The average Bonchev–Trinajstić information content (AvgIpc) is 3.13. The van der Waals surface area contributed by atoms with Crippen LogP contribution in [0.25, 0.3) is 10.9 Å². The first kappa shape index (κ1) is 18.1. The predicted molar refractivity (Wildman–Crippen MR) is 109 cm³/mol. The Bertz CT molecular complexity index is 942. The van der Waals surface area contributed by atoms with E-state index in [1.807, 2.05) is 25.1 Å². The highest BCUT2D eigenvalue weighted by atomic mass is 16.3. The summed E-state index contributed by atoms with van der Waals surface area (Å²) in [7, 11) is 0. The van der Waals surface area contributed by atoms with Gasteiger partial charge in [-0.3, -0.25) is 4.98 Å². The van der Waals surface area contributed by atoms with E-state index in [1.165, 1.54) is 5.57 Å². The number of para-hydroxylation sites is 1. The number of benzene rings is 1. The van der Waals surface area contributed by atoms with Gasteiger partial charge in [-0.15, -0.1) is 0 Å². The number of allylic oxidation sites excluding steroid dienone is 2. The lowest BCUT2D eigenvalue weighted by Crippen LogP contribution is -2.27. The summed E-state index contributed by atoms with van der Waals surface area (Å²) < 4.78 is 0. The third-order valence-electron chi connectivity index (χ3n) is 5.96. The van der Waals surface area contributed by atoms with Crippen LogP contribution in [0.5, 0.6) is 0 Å². The van der Waals surface area contributed by atoms with Crippen LogP contribution >= 0.6 is 0 Å². The maximum absolute atomic E-state index is 10.2. The van der Waals surface area contributed by atoms with Crippen LogP contribution in [0, 0.1) is 5.41 Å². The molecule has 0 fully saturated rings.